The van der Waals surface area contributed by atoms with Crippen LogP contribution in [0.2, 0.25) is 0 Å². The Morgan fingerprint density at radius 3 is 2.45 bits per heavy atom. The number of Topliss-reactive ketones (excluding diaryl/α,β-unsaturated/α-hetero) is 1. The first kappa shape index (κ1) is 19.0. The number of carbonyl (C=O) groups is 1. The van der Waals surface area contributed by atoms with Gasteiger partial charge in [-0.05, 0) is 58.0 Å². The van der Waals surface area contributed by atoms with Gasteiger partial charge in [0.2, 0.25) is 0 Å². The van der Waals surface area contributed by atoms with Gasteiger partial charge in [0.05, 0.1) is 5.56 Å². The van der Waals surface area contributed by atoms with Crippen LogP contribution < -0.4 is 5.73 Å². The van der Waals surface area contributed by atoms with Crippen LogP contribution in [0.1, 0.15) is 37.0 Å². The third-order valence-electron chi connectivity index (χ3n) is 3.78. The maximum absolute atomic E-state index is 13.7. The molecule has 1 aromatic carbocycles. The highest BCUT2D eigenvalue weighted by Crippen LogP contribution is 2.24. The Kier molecular flexibility index (Phi) is 6.47. The molecule has 6 heteroatoms. The fraction of sp³-hybridized carbons (Fsp3) is 0.562. The third kappa shape index (κ3) is 5.00. The Bertz CT molecular complexity index is 523. The molecule has 0 spiro atoms. The maximum atomic E-state index is 13.7. The van der Waals surface area contributed by atoms with E-state index in [4.69, 9.17) is 5.73 Å². The van der Waals surface area contributed by atoms with Crippen LogP contribution >= 0.6 is 12.4 Å². The molecule has 0 atom stereocenters. The van der Waals surface area contributed by atoms with E-state index in [1.54, 1.807) is 0 Å². The summed E-state index contributed by atoms with van der Waals surface area (Å²) in [4.78, 5) is 14.5. The fourth-order valence-electron chi connectivity index (χ4n) is 2.84. The number of hydrogen-bond donors (Lipinski definition) is 1. The molecular formula is C16H23ClF2N2O. The van der Waals surface area contributed by atoms with Crippen LogP contribution in [0.15, 0.2) is 18.2 Å². The molecule has 22 heavy (non-hydrogen) atoms. The largest absolute Gasteiger partial charge is 0.324 e. The van der Waals surface area contributed by atoms with Crippen molar-refractivity contribution in [3.63, 3.8) is 0 Å². The van der Waals surface area contributed by atoms with Gasteiger partial charge in [-0.2, -0.15) is 0 Å². The first-order valence-electron chi connectivity index (χ1n) is 7.27. The van der Waals surface area contributed by atoms with E-state index < -0.39 is 11.6 Å². The molecule has 3 nitrogen and oxygen atoms in total. The SMILES string of the molecule is CC(C)(N)CN1CCC(C(=O)c2cc(F)ccc2F)CC1.Cl. The van der Waals surface area contributed by atoms with Crippen LogP contribution in [0.5, 0.6) is 0 Å². The zero-order valence-corrected chi connectivity index (χ0v) is 13.8. The number of piperidine rings is 1. The van der Waals surface area contributed by atoms with Gasteiger partial charge in [0.1, 0.15) is 11.6 Å². The molecule has 0 radical (unpaired) electrons. The van der Waals surface area contributed by atoms with Gasteiger partial charge in [0.25, 0.3) is 0 Å². The molecular weight excluding hydrogens is 310 g/mol. The predicted molar refractivity (Wildman–Crippen MR) is 85.4 cm³/mol. The van der Waals surface area contributed by atoms with Crippen molar-refractivity contribution in [2.24, 2.45) is 11.7 Å². The van der Waals surface area contributed by atoms with E-state index in [9.17, 15) is 13.6 Å². The summed E-state index contributed by atoms with van der Waals surface area (Å²) in [5.41, 5.74) is 5.58. The summed E-state index contributed by atoms with van der Waals surface area (Å²) >= 11 is 0. The zero-order chi connectivity index (χ0) is 15.6. The molecule has 1 heterocycles. The number of nitrogens with zero attached hydrogens (tertiary/aromatic N) is 1. The van der Waals surface area contributed by atoms with Crippen molar-refractivity contribution in [1.82, 2.24) is 4.90 Å². The van der Waals surface area contributed by atoms with Crippen molar-refractivity contribution in [2.45, 2.75) is 32.2 Å². The van der Waals surface area contributed by atoms with Crippen molar-refractivity contribution >= 4 is 18.2 Å². The molecule has 1 aromatic rings. The van der Waals surface area contributed by atoms with Crippen molar-refractivity contribution in [3.8, 4) is 0 Å². The molecule has 0 saturated carbocycles. The minimum Gasteiger partial charge on any atom is -0.324 e. The average Bonchev–Trinajstić information content (AvgIpc) is 2.40. The minimum atomic E-state index is -0.646. The molecule has 0 aliphatic carbocycles. The molecule has 0 unspecified atom stereocenters. The number of nitrogens with two attached hydrogens (primary N) is 1. The van der Waals surface area contributed by atoms with Gasteiger partial charge in [0.15, 0.2) is 5.78 Å². The van der Waals surface area contributed by atoms with E-state index in [0.717, 1.165) is 37.8 Å². The monoisotopic (exact) mass is 332 g/mol. The lowest BCUT2D eigenvalue weighted by Gasteiger charge is -2.35. The highest BCUT2D eigenvalue weighted by Gasteiger charge is 2.29. The van der Waals surface area contributed by atoms with Crippen molar-refractivity contribution in [2.75, 3.05) is 19.6 Å². The molecule has 1 aliphatic rings. The molecule has 1 aliphatic heterocycles. The van der Waals surface area contributed by atoms with Gasteiger partial charge in [0, 0.05) is 18.0 Å². The second-order valence-corrected chi connectivity index (χ2v) is 6.53. The van der Waals surface area contributed by atoms with Gasteiger partial charge in [-0.1, -0.05) is 0 Å². The third-order valence-corrected chi connectivity index (χ3v) is 3.78. The van der Waals surface area contributed by atoms with Crippen LogP contribution in [-0.2, 0) is 0 Å². The highest BCUT2D eigenvalue weighted by atomic mass is 35.5. The fourth-order valence-corrected chi connectivity index (χ4v) is 2.84. The second-order valence-electron chi connectivity index (χ2n) is 6.53. The standard InChI is InChI=1S/C16H22F2N2O.ClH/c1-16(2,19)10-20-7-5-11(6-8-20)15(21)13-9-12(17)3-4-14(13)18;/h3-4,9,11H,5-8,10,19H2,1-2H3;1H. The van der Waals surface area contributed by atoms with Crippen LogP contribution in [0.25, 0.3) is 0 Å². The Morgan fingerprint density at radius 2 is 1.91 bits per heavy atom. The highest BCUT2D eigenvalue weighted by molar-refractivity contribution is 5.98. The van der Waals surface area contributed by atoms with E-state index in [0.29, 0.717) is 12.8 Å². The molecule has 1 saturated heterocycles. The molecule has 124 valence electrons. The number of likely N-dealkylation sites (tertiary alicyclic amines) is 1. The Morgan fingerprint density at radius 1 is 1.32 bits per heavy atom. The lowest BCUT2D eigenvalue weighted by molar-refractivity contribution is 0.0821. The first-order valence-corrected chi connectivity index (χ1v) is 7.27. The van der Waals surface area contributed by atoms with Crippen molar-refractivity contribution in [1.29, 1.82) is 0 Å². The van der Waals surface area contributed by atoms with Crippen LogP contribution in [-0.4, -0.2) is 35.9 Å². The van der Waals surface area contributed by atoms with E-state index >= 15 is 0 Å². The summed E-state index contributed by atoms with van der Waals surface area (Å²) in [7, 11) is 0. The smallest absolute Gasteiger partial charge is 0.169 e. The maximum Gasteiger partial charge on any atom is 0.169 e. The number of carbonyl (C=O) groups excluding carboxylic acids is 1. The number of hydrogen-bond acceptors (Lipinski definition) is 3. The van der Waals surface area contributed by atoms with E-state index in [1.807, 2.05) is 13.8 Å². The molecule has 0 aromatic heterocycles. The summed E-state index contributed by atoms with van der Waals surface area (Å²) < 4.78 is 26.8. The molecule has 0 amide bonds. The van der Waals surface area contributed by atoms with Crippen LogP contribution in [0, 0.1) is 17.6 Å². The van der Waals surface area contributed by atoms with Crippen molar-refractivity contribution < 1.29 is 13.6 Å². The average molecular weight is 333 g/mol. The summed E-state index contributed by atoms with van der Waals surface area (Å²) in [6, 6.07) is 3.03. The van der Waals surface area contributed by atoms with Gasteiger partial charge >= 0.3 is 0 Å². The normalized spacial score (nSPS) is 17.1. The molecule has 1 fully saturated rings. The summed E-state index contributed by atoms with van der Waals surface area (Å²) in [5.74, 6) is -1.76. The van der Waals surface area contributed by atoms with E-state index in [-0.39, 0.29) is 35.2 Å². The predicted octanol–water partition coefficient (Wildman–Crippen LogP) is 3.02. The Labute approximate surface area is 136 Å². The number of rotatable bonds is 4. The number of benzene rings is 1. The topological polar surface area (TPSA) is 46.3 Å². The van der Waals surface area contributed by atoms with Crippen LogP contribution in [0.3, 0.4) is 0 Å². The van der Waals surface area contributed by atoms with Crippen LogP contribution in [0.4, 0.5) is 8.78 Å². The molecule has 2 N–H and O–H groups in total. The Balaban J connectivity index is 0.00000242. The van der Waals surface area contributed by atoms with E-state index in [2.05, 4.69) is 4.90 Å². The first-order chi connectivity index (χ1) is 9.76. The van der Waals surface area contributed by atoms with Gasteiger partial charge in [-0.15, -0.1) is 12.4 Å². The molecule has 0 bridgehead atoms. The molecule has 2 rings (SSSR count). The minimum absolute atomic E-state index is 0. The summed E-state index contributed by atoms with van der Waals surface area (Å²) in [6.07, 6.45) is 1.32. The number of ketones is 1. The quantitative estimate of drug-likeness (QED) is 0.862. The Hall–Kier alpha value is -1.04. The lowest BCUT2D eigenvalue weighted by atomic mass is 9.88. The van der Waals surface area contributed by atoms with Gasteiger partial charge in [-0.3, -0.25) is 4.79 Å². The summed E-state index contributed by atoms with van der Waals surface area (Å²) in [6.45, 7) is 6.21. The van der Waals surface area contributed by atoms with Crippen molar-refractivity contribution in [3.05, 3.63) is 35.4 Å². The second kappa shape index (κ2) is 7.49. The van der Waals surface area contributed by atoms with E-state index in [1.165, 1.54) is 0 Å². The number of halogens is 3. The lowest BCUT2D eigenvalue weighted by Crippen LogP contribution is -2.48. The summed E-state index contributed by atoms with van der Waals surface area (Å²) in [5, 5.41) is 0. The van der Waals surface area contributed by atoms with Gasteiger partial charge < -0.3 is 10.6 Å². The van der Waals surface area contributed by atoms with Gasteiger partial charge in [-0.25, -0.2) is 8.78 Å². The zero-order valence-electron chi connectivity index (χ0n) is 12.9.